The summed E-state index contributed by atoms with van der Waals surface area (Å²) in [7, 11) is 0. The number of fused-ring (bicyclic) bond motifs is 2. The summed E-state index contributed by atoms with van der Waals surface area (Å²) < 4.78 is 11.9. The molecule has 6 nitrogen and oxygen atoms in total. The number of rotatable bonds is 5. The molecule has 1 aliphatic rings. The summed E-state index contributed by atoms with van der Waals surface area (Å²) in [6.45, 7) is 2.88. The zero-order valence-corrected chi connectivity index (χ0v) is 16.9. The summed E-state index contributed by atoms with van der Waals surface area (Å²) in [6.07, 6.45) is -0.497. The Morgan fingerprint density at radius 1 is 1.06 bits per heavy atom. The van der Waals surface area contributed by atoms with Gasteiger partial charge in [0.25, 0.3) is 5.69 Å². The largest absolute Gasteiger partial charge is 0.342 e. The molecule has 1 atom stereocenters. The predicted octanol–water partition coefficient (Wildman–Crippen LogP) is 5.86. The highest BCUT2D eigenvalue weighted by molar-refractivity contribution is 5.79. The Morgan fingerprint density at radius 3 is 2.68 bits per heavy atom. The summed E-state index contributed by atoms with van der Waals surface area (Å²) in [5, 5.41) is 12.0. The Morgan fingerprint density at radius 2 is 1.87 bits per heavy atom. The number of pyridine rings is 1. The number of ether oxygens (including phenoxy) is 2. The minimum atomic E-state index is -0.497. The molecule has 0 N–H and O–H groups in total. The highest BCUT2D eigenvalue weighted by Gasteiger charge is 2.26. The van der Waals surface area contributed by atoms with Crippen LogP contribution < -0.4 is 0 Å². The molecule has 3 aromatic carbocycles. The second-order valence-electron chi connectivity index (χ2n) is 7.69. The van der Waals surface area contributed by atoms with Gasteiger partial charge in [-0.25, -0.2) is 4.98 Å². The molecule has 6 heteroatoms. The number of aromatic nitrogens is 1. The molecule has 0 saturated carbocycles. The SMILES string of the molecule is Cc1cc(COC2OCc3cc4ccccc4nc32)cc(-c2ccc([N+](=O)[O-])cc2)c1. The van der Waals surface area contributed by atoms with Crippen molar-refractivity contribution in [1.29, 1.82) is 0 Å². The Balaban J connectivity index is 1.36. The number of aryl methyl sites for hydroxylation is 1. The molecule has 0 fully saturated rings. The van der Waals surface area contributed by atoms with Crippen LogP contribution in [-0.4, -0.2) is 9.91 Å². The van der Waals surface area contributed by atoms with Gasteiger partial charge in [-0.15, -0.1) is 0 Å². The summed E-state index contributed by atoms with van der Waals surface area (Å²) in [5.41, 5.74) is 6.91. The molecule has 1 unspecified atom stereocenters. The van der Waals surface area contributed by atoms with Crippen LogP contribution in [0.3, 0.4) is 0 Å². The van der Waals surface area contributed by atoms with Crippen LogP contribution in [0.5, 0.6) is 0 Å². The van der Waals surface area contributed by atoms with E-state index in [0.717, 1.165) is 44.4 Å². The molecule has 2 heterocycles. The van der Waals surface area contributed by atoms with E-state index in [0.29, 0.717) is 13.2 Å². The first-order valence-corrected chi connectivity index (χ1v) is 10.0. The van der Waals surface area contributed by atoms with Gasteiger partial charge in [0.15, 0.2) is 0 Å². The summed E-state index contributed by atoms with van der Waals surface area (Å²) in [6, 6.07) is 22.9. The van der Waals surface area contributed by atoms with Crippen molar-refractivity contribution in [2.24, 2.45) is 0 Å². The van der Waals surface area contributed by atoms with E-state index < -0.39 is 11.2 Å². The minimum absolute atomic E-state index is 0.0806. The zero-order valence-electron chi connectivity index (χ0n) is 16.9. The van der Waals surface area contributed by atoms with E-state index in [1.807, 2.05) is 37.3 Å². The lowest BCUT2D eigenvalue weighted by molar-refractivity contribution is -0.384. The van der Waals surface area contributed by atoms with Crippen molar-refractivity contribution in [2.45, 2.75) is 26.4 Å². The topological polar surface area (TPSA) is 74.5 Å². The highest BCUT2D eigenvalue weighted by atomic mass is 16.7. The van der Waals surface area contributed by atoms with Crippen LogP contribution in [0, 0.1) is 17.0 Å². The van der Waals surface area contributed by atoms with Crippen molar-refractivity contribution >= 4 is 16.6 Å². The van der Waals surface area contributed by atoms with Crippen molar-refractivity contribution in [3.8, 4) is 11.1 Å². The van der Waals surface area contributed by atoms with Crippen LogP contribution in [0.1, 0.15) is 28.7 Å². The second kappa shape index (κ2) is 7.91. The van der Waals surface area contributed by atoms with Crippen molar-refractivity contribution in [1.82, 2.24) is 4.98 Å². The lowest BCUT2D eigenvalue weighted by atomic mass is 10.0. The number of nitro groups is 1. The molecule has 1 aliphatic heterocycles. The highest BCUT2D eigenvalue weighted by Crippen LogP contribution is 2.33. The average molecular weight is 412 g/mol. The van der Waals surface area contributed by atoms with Gasteiger partial charge in [0.2, 0.25) is 6.29 Å². The lowest BCUT2D eigenvalue weighted by Gasteiger charge is -2.14. The standard InChI is InChI=1S/C25H20N2O4/c1-16-10-17(12-20(11-16)18-6-8-22(9-7-18)27(28)29)14-30-25-24-21(15-31-25)13-19-4-2-3-5-23(19)26-24/h2-13,25H,14-15H2,1H3. The summed E-state index contributed by atoms with van der Waals surface area (Å²) >= 11 is 0. The quantitative estimate of drug-likeness (QED) is 0.303. The predicted molar refractivity (Wildman–Crippen MR) is 117 cm³/mol. The molecule has 4 aromatic rings. The number of nitrogens with zero attached hydrogens (tertiary/aromatic N) is 2. The van der Waals surface area contributed by atoms with Gasteiger partial charge < -0.3 is 9.47 Å². The maximum absolute atomic E-state index is 10.9. The molecule has 31 heavy (non-hydrogen) atoms. The van der Waals surface area contributed by atoms with E-state index in [4.69, 9.17) is 14.5 Å². The van der Waals surface area contributed by atoms with Gasteiger partial charge in [-0.1, -0.05) is 35.9 Å². The third-order valence-electron chi connectivity index (χ3n) is 5.40. The summed E-state index contributed by atoms with van der Waals surface area (Å²) in [4.78, 5) is 15.3. The number of nitro benzene ring substituents is 1. The first-order chi connectivity index (χ1) is 15.1. The van der Waals surface area contributed by atoms with Gasteiger partial charge in [0, 0.05) is 23.1 Å². The van der Waals surface area contributed by atoms with Crippen LogP contribution in [0.25, 0.3) is 22.0 Å². The fourth-order valence-electron chi connectivity index (χ4n) is 3.93. The van der Waals surface area contributed by atoms with E-state index in [2.05, 4.69) is 18.2 Å². The number of non-ortho nitro benzene ring substituents is 1. The Labute approximate surface area is 179 Å². The van der Waals surface area contributed by atoms with E-state index in [1.165, 1.54) is 12.1 Å². The van der Waals surface area contributed by atoms with Crippen molar-refractivity contribution in [3.63, 3.8) is 0 Å². The zero-order chi connectivity index (χ0) is 21.4. The Hall–Kier alpha value is -3.61. The molecule has 1 aromatic heterocycles. The van der Waals surface area contributed by atoms with Crippen LogP contribution in [-0.2, 0) is 22.7 Å². The molecule has 0 saturated heterocycles. The van der Waals surface area contributed by atoms with Crippen LogP contribution in [0.4, 0.5) is 5.69 Å². The maximum Gasteiger partial charge on any atom is 0.269 e. The van der Waals surface area contributed by atoms with E-state index in [1.54, 1.807) is 12.1 Å². The number of benzene rings is 3. The van der Waals surface area contributed by atoms with Crippen molar-refractivity contribution < 1.29 is 14.4 Å². The van der Waals surface area contributed by atoms with E-state index in [9.17, 15) is 10.1 Å². The first kappa shape index (κ1) is 19.4. The summed E-state index contributed by atoms with van der Waals surface area (Å²) in [5.74, 6) is 0. The van der Waals surface area contributed by atoms with Crippen molar-refractivity contribution in [2.75, 3.05) is 0 Å². The van der Waals surface area contributed by atoms with Gasteiger partial charge in [-0.3, -0.25) is 10.1 Å². The number of para-hydroxylation sites is 1. The van der Waals surface area contributed by atoms with Gasteiger partial charge >= 0.3 is 0 Å². The van der Waals surface area contributed by atoms with Gasteiger partial charge in [0.05, 0.1) is 23.7 Å². The fourth-order valence-corrected chi connectivity index (χ4v) is 3.93. The lowest BCUT2D eigenvalue weighted by Crippen LogP contribution is -2.05. The second-order valence-corrected chi connectivity index (χ2v) is 7.69. The van der Waals surface area contributed by atoms with Gasteiger partial charge in [-0.05, 0) is 53.9 Å². The Kier molecular flexibility index (Phi) is 4.94. The van der Waals surface area contributed by atoms with E-state index in [-0.39, 0.29) is 5.69 Å². The molecular formula is C25H20N2O4. The normalized spacial score (nSPS) is 15.2. The van der Waals surface area contributed by atoms with Crippen molar-refractivity contribution in [3.05, 3.63) is 105 Å². The number of hydrogen-bond donors (Lipinski definition) is 0. The van der Waals surface area contributed by atoms with Crippen LogP contribution in [0.15, 0.2) is 72.8 Å². The average Bonchev–Trinajstić information content (AvgIpc) is 3.17. The molecule has 0 amide bonds. The molecule has 0 radical (unpaired) electrons. The molecule has 0 spiro atoms. The number of hydrogen-bond acceptors (Lipinski definition) is 5. The third-order valence-corrected chi connectivity index (χ3v) is 5.40. The first-order valence-electron chi connectivity index (χ1n) is 10.0. The molecule has 5 rings (SSSR count). The Bertz CT molecular complexity index is 1280. The smallest absolute Gasteiger partial charge is 0.269 e. The van der Waals surface area contributed by atoms with Gasteiger partial charge in [-0.2, -0.15) is 0 Å². The minimum Gasteiger partial charge on any atom is -0.342 e. The fraction of sp³-hybridized carbons (Fsp3) is 0.160. The third kappa shape index (κ3) is 3.91. The monoisotopic (exact) mass is 412 g/mol. The maximum atomic E-state index is 10.9. The molecule has 154 valence electrons. The molecular weight excluding hydrogens is 392 g/mol. The van der Waals surface area contributed by atoms with Crippen LogP contribution >= 0.6 is 0 Å². The van der Waals surface area contributed by atoms with Gasteiger partial charge in [0.1, 0.15) is 5.69 Å². The van der Waals surface area contributed by atoms with E-state index >= 15 is 0 Å². The molecule has 0 aliphatic carbocycles. The molecule has 0 bridgehead atoms. The van der Waals surface area contributed by atoms with Crippen LogP contribution in [0.2, 0.25) is 0 Å².